The second kappa shape index (κ2) is 18.5. The number of nitrogens with two attached hydrogens (primary N) is 1. The molecule has 0 aliphatic carbocycles. The Morgan fingerprint density at radius 2 is 1.59 bits per heavy atom. The van der Waals surface area contributed by atoms with E-state index in [1.807, 2.05) is 6.92 Å². The summed E-state index contributed by atoms with van der Waals surface area (Å²) in [6.07, 6.45) is 24.1. The number of nitrogen functional groups attached to an aromatic ring is 1. The maximum absolute atomic E-state index is 12.3. The molecule has 0 bridgehead atoms. The van der Waals surface area contributed by atoms with Crippen molar-refractivity contribution in [2.45, 2.75) is 116 Å². The molecule has 0 spiro atoms. The highest BCUT2D eigenvalue weighted by atomic mass is 31.2. The molecule has 2 heterocycles. The number of allylic oxidation sites excluding steroid dienone is 2. The number of hydrogen-bond acceptors (Lipinski definition) is 7. The predicted octanol–water partition coefficient (Wildman–Crippen LogP) is 7.01. The van der Waals surface area contributed by atoms with Crippen LogP contribution >= 0.6 is 7.60 Å². The summed E-state index contributed by atoms with van der Waals surface area (Å²) < 4.78 is 24.9. The Hall–Kier alpha value is -1.80. The van der Waals surface area contributed by atoms with Gasteiger partial charge in [0.15, 0.2) is 11.5 Å². The molecular formula is C27H48N5O4P. The smallest absolute Gasteiger partial charge is 0.353 e. The van der Waals surface area contributed by atoms with Crippen LogP contribution < -0.4 is 5.73 Å². The van der Waals surface area contributed by atoms with E-state index in [9.17, 15) is 9.46 Å². The van der Waals surface area contributed by atoms with Crippen molar-refractivity contribution >= 4 is 24.6 Å². The zero-order valence-electron chi connectivity index (χ0n) is 22.9. The average molecular weight is 538 g/mol. The number of unbranched alkanes of at least 4 members (excludes halogenated alkanes) is 12. The SMILES string of the molecule is CCCCCCCC/C=C\CCCCCCCCOP(=O)(O)CO[C@H](C)Cn1cnc2c(N)ncnc21. The molecule has 2 aromatic heterocycles. The zero-order chi connectivity index (χ0) is 26.8. The molecule has 1 unspecified atom stereocenters. The highest BCUT2D eigenvalue weighted by molar-refractivity contribution is 7.52. The fourth-order valence-corrected chi connectivity index (χ4v) is 5.11. The second-order valence-electron chi connectivity index (χ2n) is 9.84. The van der Waals surface area contributed by atoms with E-state index in [-0.39, 0.29) is 19.1 Å². The number of nitrogens with zero attached hydrogens (tertiary/aromatic N) is 4. The van der Waals surface area contributed by atoms with Crippen LogP contribution in [0, 0.1) is 0 Å². The van der Waals surface area contributed by atoms with Gasteiger partial charge in [-0.25, -0.2) is 15.0 Å². The molecule has 3 N–H and O–H groups in total. The number of anilines is 1. The Morgan fingerprint density at radius 3 is 2.27 bits per heavy atom. The van der Waals surface area contributed by atoms with Crippen molar-refractivity contribution in [1.82, 2.24) is 19.5 Å². The monoisotopic (exact) mass is 537 g/mol. The summed E-state index contributed by atoms with van der Waals surface area (Å²) in [7, 11) is -3.78. The van der Waals surface area contributed by atoms with Crippen LogP contribution in [-0.2, 0) is 20.4 Å². The minimum atomic E-state index is -3.78. The molecule has 10 heteroatoms. The molecule has 37 heavy (non-hydrogen) atoms. The van der Waals surface area contributed by atoms with Crippen LogP contribution in [0.5, 0.6) is 0 Å². The zero-order valence-corrected chi connectivity index (χ0v) is 23.8. The second-order valence-corrected chi connectivity index (χ2v) is 11.6. The van der Waals surface area contributed by atoms with E-state index in [1.54, 1.807) is 10.9 Å². The van der Waals surface area contributed by atoms with Gasteiger partial charge in [0.05, 0.1) is 25.6 Å². The van der Waals surface area contributed by atoms with E-state index < -0.39 is 7.60 Å². The first-order valence-corrected chi connectivity index (χ1v) is 15.8. The summed E-state index contributed by atoms with van der Waals surface area (Å²) in [6.45, 7) is 4.77. The minimum absolute atomic E-state index is 0.273. The molecule has 0 amide bonds. The molecule has 2 atom stereocenters. The average Bonchev–Trinajstić information content (AvgIpc) is 3.28. The summed E-state index contributed by atoms with van der Waals surface area (Å²) in [6, 6.07) is 0. The van der Waals surface area contributed by atoms with Gasteiger partial charge in [0.25, 0.3) is 0 Å². The predicted molar refractivity (Wildman–Crippen MR) is 150 cm³/mol. The van der Waals surface area contributed by atoms with Gasteiger partial charge in [-0.05, 0) is 39.0 Å². The maximum atomic E-state index is 12.3. The molecular weight excluding hydrogens is 489 g/mol. The van der Waals surface area contributed by atoms with Gasteiger partial charge >= 0.3 is 7.60 Å². The highest BCUT2D eigenvalue weighted by Crippen LogP contribution is 2.42. The van der Waals surface area contributed by atoms with Gasteiger partial charge in [-0.15, -0.1) is 0 Å². The Balaban J connectivity index is 1.44. The molecule has 0 radical (unpaired) electrons. The van der Waals surface area contributed by atoms with Crippen molar-refractivity contribution in [3.05, 3.63) is 24.8 Å². The third-order valence-corrected chi connectivity index (χ3v) is 7.42. The normalized spacial score (nSPS) is 14.5. The molecule has 0 saturated heterocycles. The first-order chi connectivity index (χ1) is 17.9. The van der Waals surface area contributed by atoms with Crippen LogP contribution in [-0.4, -0.2) is 43.5 Å². The van der Waals surface area contributed by atoms with Crippen molar-refractivity contribution in [3.63, 3.8) is 0 Å². The van der Waals surface area contributed by atoms with E-state index in [4.69, 9.17) is 15.0 Å². The Kier molecular flexibility index (Phi) is 15.7. The van der Waals surface area contributed by atoms with Crippen molar-refractivity contribution in [2.24, 2.45) is 0 Å². The topological polar surface area (TPSA) is 125 Å². The quantitative estimate of drug-likeness (QED) is 0.0933. The summed E-state index contributed by atoms with van der Waals surface area (Å²) >= 11 is 0. The van der Waals surface area contributed by atoms with Gasteiger partial charge in [0, 0.05) is 0 Å². The molecule has 2 rings (SSSR count). The first kappa shape index (κ1) is 31.4. The van der Waals surface area contributed by atoms with Crippen LogP contribution in [0.25, 0.3) is 11.2 Å². The van der Waals surface area contributed by atoms with Gasteiger partial charge in [-0.1, -0.05) is 76.9 Å². The first-order valence-electron chi connectivity index (χ1n) is 14.1. The van der Waals surface area contributed by atoms with Crippen LogP contribution in [0.1, 0.15) is 104 Å². The number of aromatic nitrogens is 4. The van der Waals surface area contributed by atoms with Crippen LogP contribution in [0.3, 0.4) is 0 Å². The van der Waals surface area contributed by atoms with E-state index in [2.05, 4.69) is 34.0 Å². The standard InChI is InChI=1S/C27H48N5O4P/c1-3-4-5-6-7-8-9-10-11-12-13-14-15-16-17-18-19-36-37(33,34)23-35-24(2)20-32-22-31-25-26(28)29-21-30-27(25)32/h10-11,21-22,24H,3-9,12-20,23H2,1-2H3,(H,33,34)(H2,28,29,30)/b11-10-/t24-/m1/s1. The molecule has 2 aromatic rings. The number of rotatable bonds is 22. The summed E-state index contributed by atoms with van der Waals surface area (Å²) in [4.78, 5) is 22.4. The Bertz CT molecular complexity index is 952. The van der Waals surface area contributed by atoms with Crippen molar-refractivity contribution in [3.8, 4) is 0 Å². The Labute approximate surface area is 222 Å². The molecule has 0 aliphatic rings. The van der Waals surface area contributed by atoms with E-state index >= 15 is 0 Å². The fraction of sp³-hybridized carbons (Fsp3) is 0.741. The third kappa shape index (κ3) is 13.5. The van der Waals surface area contributed by atoms with Crippen LogP contribution in [0.15, 0.2) is 24.8 Å². The lowest BCUT2D eigenvalue weighted by atomic mass is 10.1. The van der Waals surface area contributed by atoms with Crippen LogP contribution in [0.2, 0.25) is 0 Å². The summed E-state index contributed by atoms with van der Waals surface area (Å²) in [5, 5.41) is 0. The summed E-state index contributed by atoms with van der Waals surface area (Å²) in [5.41, 5.74) is 6.94. The molecule has 9 nitrogen and oxygen atoms in total. The van der Waals surface area contributed by atoms with E-state index in [0.29, 0.717) is 23.5 Å². The summed E-state index contributed by atoms with van der Waals surface area (Å²) in [5.74, 6) is 0.316. The lowest BCUT2D eigenvalue weighted by molar-refractivity contribution is 0.0715. The molecule has 0 saturated carbocycles. The lowest BCUT2D eigenvalue weighted by Gasteiger charge is -2.17. The van der Waals surface area contributed by atoms with Gasteiger partial charge < -0.3 is 24.5 Å². The van der Waals surface area contributed by atoms with Gasteiger partial charge in [0.2, 0.25) is 0 Å². The molecule has 0 fully saturated rings. The lowest BCUT2D eigenvalue weighted by Crippen LogP contribution is -2.17. The molecule has 210 valence electrons. The van der Waals surface area contributed by atoms with Gasteiger partial charge in [-0.3, -0.25) is 4.57 Å². The van der Waals surface area contributed by atoms with Gasteiger partial charge in [-0.2, -0.15) is 0 Å². The largest absolute Gasteiger partial charge is 0.382 e. The number of ether oxygens (including phenoxy) is 1. The third-order valence-electron chi connectivity index (χ3n) is 6.35. The minimum Gasteiger partial charge on any atom is -0.382 e. The van der Waals surface area contributed by atoms with Crippen molar-refractivity contribution < 1.29 is 18.7 Å². The van der Waals surface area contributed by atoms with Crippen molar-refractivity contribution in [2.75, 3.05) is 18.7 Å². The molecule has 0 aromatic carbocycles. The van der Waals surface area contributed by atoms with E-state index in [0.717, 1.165) is 19.3 Å². The number of hydrogen-bond donors (Lipinski definition) is 2. The fourth-order valence-electron chi connectivity index (χ4n) is 4.18. The number of imidazole rings is 1. The molecule has 0 aliphatic heterocycles. The highest BCUT2D eigenvalue weighted by Gasteiger charge is 2.21. The van der Waals surface area contributed by atoms with Crippen molar-refractivity contribution in [1.29, 1.82) is 0 Å². The van der Waals surface area contributed by atoms with Crippen LogP contribution in [0.4, 0.5) is 5.82 Å². The van der Waals surface area contributed by atoms with Gasteiger partial charge in [0.1, 0.15) is 18.2 Å². The van der Waals surface area contributed by atoms with E-state index in [1.165, 1.54) is 77.0 Å². The number of fused-ring (bicyclic) bond motifs is 1. The Morgan fingerprint density at radius 1 is 0.973 bits per heavy atom. The maximum Gasteiger partial charge on any atom is 0.353 e.